The molecule has 2 rings (SSSR count). The number of hydrogen-bond acceptors (Lipinski definition) is 3. The molecule has 1 aromatic heterocycles. The SMILES string of the molecule is Cc1ncc(S(=O)(=O)NCc2ccc(F)cc2F)[nH]1. The van der Waals surface area contributed by atoms with E-state index in [1.54, 1.807) is 6.92 Å². The van der Waals surface area contributed by atoms with E-state index in [0.29, 0.717) is 11.9 Å². The Balaban J connectivity index is 2.14. The lowest BCUT2D eigenvalue weighted by molar-refractivity contribution is 0.561. The minimum absolute atomic E-state index is 0.0567. The molecule has 8 heteroatoms. The minimum Gasteiger partial charge on any atom is -0.332 e. The fourth-order valence-corrected chi connectivity index (χ4v) is 2.42. The third-order valence-electron chi connectivity index (χ3n) is 2.44. The summed E-state index contributed by atoms with van der Waals surface area (Å²) < 4.78 is 51.9. The normalized spacial score (nSPS) is 11.7. The molecule has 0 aliphatic heterocycles. The van der Waals surface area contributed by atoms with Gasteiger partial charge >= 0.3 is 0 Å². The molecule has 1 heterocycles. The molecule has 5 nitrogen and oxygen atoms in total. The zero-order chi connectivity index (χ0) is 14.0. The summed E-state index contributed by atoms with van der Waals surface area (Å²) in [5.41, 5.74) is 0.0567. The number of aromatic nitrogens is 2. The fraction of sp³-hybridized carbons (Fsp3) is 0.182. The summed E-state index contributed by atoms with van der Waals surface area (Å²) in [4.78, 5) is 6.33. The lowest BCUT2D eigenvalue weighted by Gasteiger charge is -2.06. The highest BCUT2D eigenvalue weighted by molar-refractivity contribution is 7.89. The van der Waals surface area contributed by atoms with Crippen molar-refractivity contribution in [1.29, 1.82) is 0 Å². The van der Waals surface area contributed by atoms with Crippen LogP contribution in [0.2, 0.25) is 0 Å². The summed E-state index contributed by atoms with van der Waals surface area (Å²) in [6, 6.07) is 2.95. The number of nitrogens with zero attached hydrogens (tertiary/aromatic N) is 1. The molecule has 0 radical (unpaired) electrons. The van der Waals surface area contributed by atoms with Gasteiger partial charge < -0.3 is 4.98 Å². The number of sulfonamides is 1. The van der Waals surface area contributed by atoms with Gasteiger partial charge in [-0.25, -0.2) is 26.9 Å². The summed E-state index contributed by atoms with van der Waals surface area (Å²) in [5.74, 6) is -1.06. The van der Waals surface area contributed by atoms with E-state index in [0.717, 1.165) is 6.07 Å². The predicted octanol–water partition coefficient (Wildman–Crippen LogP) is 1.47. The van der Waals surface area contributed by atoms with Crippen molar-refractivity contribution in [3.05, 3.63) is 47.4 Å². The van der Waals surface area contributed by atoms with Crippen LogP contribution in [0.25, 0.3) is 0 Å². The molecule has 102 valence electrons. The Morgan fingerprint density at radius 3 is 2.68 bits per heavy atom. The van der Waals surface area contributed by atoms with E-state index in [1.165, 1.54) is 12.3 Å². The molecule has 0 bridgehead atoms. The van der Waals surface area contributed by atoms with Crippen LogP contribution in [0, 0.1) is 18.6 Å². The zero-order valence-corrected chi connectivity index (χ0v) is 10.8. The maximum Gasteiger partial charge on any atom is 0.257 e. The Hall–Kier alpha value is -1.80. The third kappa shape index (κ3) is 3.15. The van der Waals surface area contributed by atoms with Gasteiger partial charge in [-0.2, -0.15) is 0 Å². The maximum absolute atomic E-state index is 13.3. The highest BCUT2D eigenvalue weighted by atomic mass is 32.2. The van der Waals surface area contributed by atoms with Gasteiger partial charge in [0.15, 0.2) is 5.03 Å². The first-order valence-electron chi connectivity index (χ1n) is 5.34. The highest BCUT2D eigenvalue weighted by Gasteiger charge is 2.17. The zero-order valence-electron chi connectivity index (χ0n) is 9.94. The van der Waals surface area contributed by atoms with Crippen molar-refractivity contribution < 1.29 is 17.2 Å². The fourth-order valence-electron chi connectivity index (χ4n) is 1.45. The van der Waals surface area contributed by atoms with Crippen LogP contribution in [0.15, 0.2) is 29.4 Å². The van der Waals surface area contributed by atoms with Crippen LogP contribution in [0.3, 0.4) is 0 Å². The van der Waals surface area contributed by atoms with Gasteiger partial charge in [-0.15, -0.1) is 0 Å². The van der Waals surface area contributed by atoms with Crippen LogP contribution in [-0.4, -0.2) is 18.4 Å². The first-order chi connectivity index (χ1) is 8.88. The first kappa shape index (κ1) is 13.6. The van der Waals surface area contributed by atoms with E-state index >= 15 is 0 Å². The molecule has 0 aliphatic rings. The Morgan fingerprint density at radius 1 is 1.37 bits per heavy atom. The molecule has 0 saturated heterocycles. The second-order valence-electron chi connectivity index (χ2n) is 3.89. The Morgan fingerprint density at radius 2 is 2.11 bits per heavy atom. The average molecular weight is 287 g/mol. The largest absolute Gasteiger partial charge is 0.332 e. The van der Waals surface area contributed by atoms with Gasteiger partial charge in [0, 0.05) is 18.2 Å². The van der Waals surface area contributed by atoms with Crippen molar-refractivity contribution in [2.75, 3.05) is 0 Å². The van der Waals surface area contributed by atoms with E-state index in [-0.39, 0.29) is 17.1 Å². The Labute approximate surface area is 108 Å². The van der Waals surface area contributed by atoms with Crippen LogP contribution in [0.1, 0.15) is 11.4 Å². The van der Waals surface area contributed by atoms with E-state index in [1.807, 2.05) is 0 Å². The molecule has 0 spiro atoms. The van der Waals surface area contributed by atoms with Gasteiger partial charge in [-0.1, -0.05) is 6.07 Å². The quantitative estimate of drug-likeness (QED) is 0.894. The third-order valence-corrected chi connectivity index (χ3v) is 3.75. The van der Waals surface area contributed by atoms with E-state index in [2.05, 4.69) is 14.7 Å². The molecule has 0 saturated carbocycles. The number of hydrogen-bond donors (Lipinski definition) is 2. The number of halogens is 2. The maximum atomic E-state index is 13.3. The molecule has 0 fully saturated rings. The molecule has 0 aliphatic carbocycles. The molecule has 0 atom stereocenters. The van der Waals surface area contributed by atoms with Gasteiger partial charge in [0.1, 0.15) is 17.5 Å². The van der Waals surface area contributed by atoms with Gasteiger partial charge in [-0.05, 0) is 13.0 Å². The van der Waals surface area contributed by atoms with Gasteiger partial charge in [-0.3, -0.25) is 0 Å². The molecular formula is C11H11F2N3O2S. The summed E-state index contributed by atoms with van der Waals surface area (Å²) >= 11 is 0. The number of benzene rings is 1. The van der Waals surface area contributed by atoms with Crippen molar-refractivity contribution in [3.63, 3.8) is 0 Å². The molecule has 2 N–H and O–H groups in total. The van der Waals surface area contributed by atoms with E-state index in [4.69, 9.17) is 0 Å². The second kappa shape index (κ2) is 5.06. The molecule has 1 aromatic carbocycles. The first-order valence-corrected chi connectivity index (χ1v) is 6.82. The van der Waals surface area contributed by atoms with Gasteiger partial charge in [0.2, 0.25) is 0 Å². The minimum atomic E-state index is -3.79. The molecule has 0 amide bonds. The monoisotopic (exact) mass is 287 g/mol. The van der Waals surface area contributed by atoms with Gasteiger partial charge in [0.05, 0.1) is 6.20 Å². The summed E-state index contributed by atoms with van der Waals surface area (Å²) in [6.45, 7) is 1.34. The van der Waals surface area contributed by atoms with Crippen LogP contribution in [0.4, 0.5) is 8.78 Å². The van der Waals surface area contributed by atoms with Crippen molar-refractivity contribution in [2.45, 2.75) is 18.5 Å². The molecule has 19 heavy (non-hydrogen) atoms. The number of nitrogens with one attached hydrogen (secondary N) is 2. The Kier molecular flexibility index (Phi) is 3.63. The summed E-state index contributed by atoms with van der Waals surface area (Å²) in [7, 11) is -3.79. The molecule has 2 aromatic rings. The van der Waals surface area contributed by atoms with E-state index < -0.39 is 21.7 Å². The standard InChI is InChI=1S/C11H11F2N3O2S/c1-7-14-6-11(16-7)19(17,18)15-5-8-2-3-9(12)4-10(8)13/h2-4,6,15H,5H2,1H3,(H,14,16). The number of H-pyrrole nitrogens is 1. The summed E-state index contributed by atoms with van der Waals surface area (Å²) in [6.07, 6.45) is 1.17. The van der Waals surface area contributed by atoms with Crippen LogP contribution < -0.4 is 4.72 Å². The van der Waals surface area contributed by atoms with Crippen LogP contribution in [-0.2, 0) is 16.6 Å². The number of imidazole rings is 1. The Bertz CT molecular complexity index is 698. The van der Waals surface area contributed by atoms with Crippen molar-refractivity contribution in [1.82, 2.24) is 14.7 Å². The number of aryl methyl sites for hydroxylation is 1. The molecular weight excluding hydrogens is 276 g/mol. The second-order valence-corrected chi connectivity index (χ2v) is 5.63. The van der Waals surface area contributed by atoms with Crippen LogP contribution >= 0.6 is 0 Å². The van der Waals surface area contributed by atoms with Crippen molar-refractivity contribution in [3.8, 4) is 0 Å². The average Bonchev–Trinajstić information content (AvgIpc) is 2.75. The van der Waals surface area contributed by atoms with Gasteiger partial charge in [0.25, 0.3) is 10.0 Å². The van der Waals surface area contributed by atoms with E-state index in [9.17, 15) is 17.2 Å². The lowest BCUT2D eigenvalue weighted by atomic mass is 10.2. The highest BCUT2D eigenvalue weighted by Crippen LogP contribution is 2.11. The van der Waals surface area contributed by atoms with Crippen LogP contribution in [0.5, 0.6) is 0 Å². The molecule has 0 unspecified atom stereocenters. The predicted molar refractivity (Wildman–Crippen MR) is 63.7 cm³/mol. The number of aromatic amines is 1. The smallest absolute Gasteiger partial charge is 0.257 e. The topological polar surface area (TPSA) is 74.8 Å². The summed E-state index contributed by atoms with van der Waals surface area (Å²) in [5, 5.41) is -0.104. The van der Waals surface area contributed by atoms with Crippen molar-refractivity contribution >= 4 is 10.0 Å². The number of rotatable bonds is 4. The van der Waals surface area contributed by atoms with Crippen molar-refractivity contribution in [2.24, 2.45) is 0 Å². The lowest BCUT2D eigenvalue weighted by Crippen LogP contribution is -2.24.